The summed E-state index contributed by atoms with van der Waals surface area (Å²) in [6, 6.07) is 18.2. The highest BCUT2D eigenvalue weighted by Gasteiger charge is 2.46. The van der Waals surface area contributed by atoms with Crippen molar-refractivity contribution < 1.29 is 58.1 Å². The SMILES string of the molecule is CC1(C)C(=CC=C2C=C(C=CC3=[N+](CCCCS(=O)(=O)O)c4ccc5cc(S(=O)(=O)O)ccc5c4C3(C)C)CC2)N(CCCCS(=O)(=O)O)c2ccc3cc(SOOO)ccc3c21. The summed E-state index contributed by atoms with van der Waals surface area (Å²) in [6.07, 6.45) is 13.8. The highest BCUT2D eigenvalue weighted by molar-refractivity contribution is 7.94. The van der Waals surface area contributed by atoms with E-state index in [2.05, 4.69) is 83.0 Å². The molecule has 7 rings (SSSR count). The van der Waals surface area contributed by atoms with Crippen molar-refractivity contribution in [1.29, 1.82) is 0 Å². The molecule has 4 aromatic rings. The molecular weight excluding hydrogens is 889 g/mol. The second kappa shape index (κ2) is 18.0. The fraction of sp³-hybridized carbons (Fsp3) is 0.356. The van der Waals surface area contributed by atoms with E-state index in [1.807, 2.05) is 36.4 Å². The minimum Gasteiger partial charge on any atom is -0.344 e. The van der Waals surface area contributed by atoms with Crippen LogP contribution in [0.15, 0.2) is 118 Å². The molecule has 0 unspecified atom stereocenters. The zero-order valence-corrected chi connectivity index (χ0v) is 38.6. The van der Waals surface area contributed by atoms with Gasteiger partial charge in [-0.3, -0.25) is 13.7 Å². The molecule has 2 heterocycles. The number of nitrogens with zero attached hydrogens (tertiary/aromatic N) is 2. The fourth-order valence-corrected chi connectivity index (χ4v) is 11.4. The molecule has 336 valence electrons. The predicted octanol–water partition coefficient (Wildman–Crippen LogP) is 9.26. The van der Waals surface area contributed by atoms with Crippen molar-refractivity contribution in [2.45, 2.75) is 86.8 Å². The molecule has 0 saturated heterocycles. The van der Waals surface area contributed by atoms with E-state index < -0.39 is 41.2 Å². The lowest BCUT2D eigenvalue weighted by atomic mass is 9.79. The average Bonchev–Trinajstić information content (AvgIpc) is 3.81. The summed E-state index contributed by atoms with van der Waals surface area (Å²) in [5.41, 5.74) is 7.24. The quantitative estimate of drug-likeness (QED) is 0.0194. The molecule has 0 fully saturated rings. The lowest BCUT2D eigenvalue weighted by Crippen LogP contribution is -2.28. The van der Waals surface area contributed by atoms with E-state index in [0.717, 1.165) is 91.0 Å². The Morgan fingerprint density at radius 3 is 2.11 bits per heavy atom. The molecule has 14 nitrogen and oxygen atoms in total. The van der Waals surface area contributed by atoms with Gasteiger partial charge in [0.25, 0.3) is 30.4 Å². The monoisotopic (exact) mass is 939 g/mol. The van der Waals surface area contributed by atoms with Crippen molar-refractivity contribution in [2.24, 2.45) is 0 Å². The summed E-state index contributed by atoms with van der Waals surface area (Å²) in [6.45, 7) is 9.54. The first-order valence-corrected chi connectivity index (χ1v) is 25.9. The van der Waals surface area contributed by atoms with Crippen LogP contribution >= 0.6 is 12.0 Å². The summed E-state index contributed by atoms with van der Waals surface area (Å²) < 4.78 is 105. The van der Waals surface area contributed by atoms with Crippen molar-refractivity contribution in [2.75, 3.05) is 29.5 Å². The Hall–Kier alpha value is -4.21. The number of hydrogen-bond donors (Lipinski definition) is 4. The Kier molecular flexibility index (Phi) is 13.4. The Balaban J connectivity index is 1.21. The first kappa shape index (κ1) is 46.8. The molecule has 2 aliphatic heterocycles. The topological polar surface area (TPSA) is 208 Å². The highest BCUT2D eigenvalue weighted by Crippen LogP contribution is 2.51. The van der Waals surface area contributed by atoms with E-state index in [1.54, 1.807) is 6.07 Å². The molecule has 0 atom stereocenters. The van der Waals surface area contributed by atoms with E-state index in [4.69, 9.17) is 5.26 Å². The maximum absolute atomic E-state index is 12.0. The number of unbranched alkanes of at least 4 members (excludes halogenated alkanes) is 2. The van der Waals surface area contributed by atoms with Gasteiger partial charge >= 0.3 is 0 Å². The van der Waals surface area contributed by atoms with Crippen LogP contribution in [0.5, 0.6) is 0 Å². The van der Waals surface area contributed by atoms with Crippen LogP contribution in [0.1, 0.15) is 77.3 Å². The second-order valence-corrected chi connectivity index (χ2v) is 22.5. The molecule has 0 radical (unpaired) electrons. The van der Waals surface area contributed by atoms with Gasteiger partial charge in [0, 0.05) is 52.4 Å². The second-order valence-electron chi connectivity index (χ2n) is 17.2. The number of fused-ring (bicyclic) bond motifs is 6. The molecule has 0 spiro atoms. The number of anilines is 1. The minimum atomic E-state index is -4.41. The van der Waals surface area contributed by atoms with E-state index >= 15 is 0 Å². The summed E-state index contributed by atoms with van der Waals surface area (Å²) in [4.78, 5) is 2.77. The Bertz CT molecular complexity index is 2990. The third-order valence-corrected chi connectivity index (χ3v) is 15.2. The van der Waals surface area contributed by atoms with Crippen LogP contribution in [0, 0.1) is 0 Å². The molecular formula is C45H51N2O12S4+. The molecule has 0 amide bonds. The van der Waals surface area contributed by atoms with Crippen molar-refractivity contribution in [3.8, 4) is 0 Å². The molecule has 0 aromatic heterocycles. The first-order valence-electron chi connectivity index (χ1n) is 20.5. The summed E-state index contributed by atoms with van der Waals surface area (Å²) in [5.74, 6) is -0.664. The van der Waals surface area contributed by atoms with Gasteiger partial charge in [0.1, 0.15) is 6.54 Å². The van der Waals surface area contributed by atoms with Crippen LogP contribution in [0.4, 0.5) is 11.4 Å². The van der Waals surface area contributed by atoms with Gasteiger partial charge in [-0.2, -0.15) is 29.8 Å². The zero-order valence-electron chi connectivity index (χ0n) is 35.3. The van der Waals surface area contributed by atoms with Crippen molar-refractivity contribution in [3.63, 3.8) is 0 Å². The number of allylic oxidation sites excluding steroid dienone is 8. The Labute approximate surface area is 372 Å². The molecule has 18 heteroatoms. The maximum Gasteiger partial charge on any atom is 0.294 e. The predicted molar refractivity (Wildman–Crippen MR) is 245 cm³/mol. The summed E-state index contributed by atoms with van der Waals surface area (Å²) in [5, 5.41) is 15.9. The first-order chi connectivity index (χ1) is 29.6. The molecule has 4 N–H and O–H groups in total. The van der Waals surface area contributed by atoms with Gasteiger partial charge in [-0.05, 0) is 127 Å². The lowest BCUT2D eigenvalue weighted by Gasteiger charge is -2.27. The van der Waals surface area contributed by atoms with Crippen LogP contribution in [0.2, 0.25) is 0 Å². The number of rotatable bonds is 17. The van der Waals surface area contributed by atoms with Gasteiger partial charge in [-0.25, -0.2) is 5.26 Å². The minimum absolute atomic E-state index is 0.196. The van der Waals surface area contributed by atoms with Gasteiger partial charge < -0.3 is 4.90 Å². The van der Waals surface area contributed by atoms with Gasteiger partial charge in [0.15, 0.2) is 5.71 Å². The Morgan fingerprint density at radius 2 is 1.41 bits per heavy atom. The molecule has 1 aliphatic carbocycles. The summed E-state index contributed by atoms with van der Waals surface area (Å²) >= 11 is 0.886. The normalized spacial score (nSPS) is 18.7. The third kappa shape index (κ3) is 10.2. The summed E-state index contributed by atoms with van der Waals surface area (Å²) in [7, 11) is -12.6. The molecule has 0 bridgehead atoms. The largest absolute Gasteiger partial charge is 0.344 e. The molecule has 3 aliphatic rings. The van der Waals surface area contributed by atoms with Crippen LogP contribution in [-0.4, -0.2) is 79.1 Å². The van der Waals surface area contributed by atoms with E-state index in [-0.39, 0.29) is 22.8 Å². The van der Waals surface area contributed by atoms with Crippen LogP contribution < -0.4 is 4.90 Å². The average molecular weight is 940 g/mol. The molecule has 0 saturated carbocycles. The number of hydrogen-bond acceptors (Lipinski definition) is 11. The third-order valence-electron chi connectivity index (χ3n) is 12.1. The maximum atomic E-state index is 12.0. The van der Waals surface area contributed by atoms with Crippen LogP contribution in [-0.2, 0) is 50.6 Å². The zero-order chi connectivity index (χ0) is 45.5. The van der Waals surface area contributed by atoms with Gasteiger partial charge in [-0.15, -0.1) is 4.33 Å². The van der Waals surface area contributed by atoms with Gasteiger partial charge in [-0.1, -0.05) is 55.3 Å². The van der Waals surface area contributed by atoms with Gasteiger partial charge in [0.2, 0.25) is 5.69 Å². The van der Waals surface area contributed by atoms with E-state index in [1.165, 1.54) is 12.1 Å². The molecule has 63 heavy (non-hydrogen) atoms. The van der Waals surface area contributed by atoms with Crippen molar-refractivity contribution >= 4 is 81.0 Å². The molecule has 4 aromatic carbocycles. The van der Waals surface area contributed by atoms with Crippen LogP contribution in [0.3, 0.4) is 0 Å². The Morgan fingerprint density at radius 1 is 0.746 bits per heavy atom. The standard InChI is InChI=1S/C45H50N2O12S4/c1-44(2)40(46(23-5-7-25-61(49,50)51)38-19-13-32-28-34(60-59-58-48)15-17-36(32)42(38)44)21-11-30-9-10-31(27-30)12-22-41-45(3,4)43-37-18-16-35(63(55,56)57)29-33(37)14-20-39(43)47(41)24-6-8-26-62(52,53)54/h11-22,27-29H,5-10,23-26H2,1-4H3,(H3-,48,49,50,51,52,53,54,55,56,57)/p+1. The van der Waals surface area contributed by atoms with E-state index in [0.29, 0.717) is 37.7 Å². The highest BCUT2D eigenvalue weighted by atomic mass is 32.2. The smallest absolute Gasteiger partial charge is 0.294 e. The van der Waals surface area contributed by atoms with Gasteiger partial charge in [0.05, 0.1) is 33.9 Å². The van der Waals surface area contributed by atoms with Crippen LogP contribution in [0.25, 0.3) is 21.5 Å². The number of benzene rings is 4. The van der Waals surface area contributed by atoms with Crippen molar-refractivity contribution in [3.05, 3.63) is 119 Å². The fourth-order valence-electron chi connectivity index (χ4n) is 9.31. The van der Waals surface area contributed by atoms with E-state index in [9.17, 15) is 38.9 Å². The lowest BCUT2D eigenvalue weighted by molar-refractivity contribution is -0.438. The van der Waals surface area contributed by atoms with Crippen molar-refractivity contribution in [1.82, 2.24) is 0 Å².